The molecule has 1 aromatic rings. The van der Waals surface area contributed by atoms with E-state index in [1.54, 1.807) is 12.1 Å². The number of aliphatic hydroxyl groups excluding tert-OH is 1. The number of rotatable bonds is 7. The smallest absolute Gasteiger partial charge is 0.0914 e. The van der Waals surface area contributed by atoms with Crippen LogP contribution in [0.5, 0.6) is 0 Å². The molecular weight excluding hydrogens is 254 g/mol. The van der Waals surface area contributed by atoms with E-state index in [1.165, 1.54) is 0 Å². The number of aliphatic hydroxyl groups is 1. The van der Waals surface area contributed by atoms with Crippen molar-refractivity contribution in [3.63, 3.8) is 0 Å². The van der Waals surface area contributed by atoms with Gasteiger partial charge in [0.05, 0.1) is 6.10 Å². The van der Waals surface area contributed by atoms with Gasteiger partial charge in [-0.2, -0.15) is 11.8 Å². The third-order valence-corrected chi connectivity index (χ3v) is 4.01. The Kier molecular flexibility index (Phi) is 6.97. The van der Waals surface area contributed by atoms with Crippen molar-refractivity contribution in [1.82, 2.24) is 5.32 Å². The molecule has 0 amide bonds. The molecule has 0 bridgehead atoms. The maximum Gasteiger partial charge on any atom is 0.0914 e. The van der Waals surface area contributed by atoms with Gasteiger partial charge in [-0.3, -0.25) is 0 Å². The average molecular weight is 274 g/mol. The van der Waals surface area contributed by atoms with Crippen LogP contribution in [0.2, 0.25) is 5.02 Å². The molecule has 1 aromatic carbocycles. The quantitative estimate of drug-likeness (QED) is 0.749. The van der Waals surface area contributed by atoms with Crippen molar-refractivity contribution >= 4 is 23.4 Å². The van der Waals surface area contributed by atoms with Crippen LogP contribution in [0.15, 0.2) is 24.3 Å². The lowest BCUT2D eigenvalue weighted by Crippen LogP contribution is -2.24. The van der Waals surface area contributed by atoms with E-state index >= 15 is 0 Å². The molecule has 0 saturated heterocycles. The Morgan fingerprint density at radius 2 is 2.00 bits per heavy atom. The van der Waals surface area contributed by atoms with Gasteiger partial charge >= 0.3 is 0 Å². The molecule has 0 spiro atoms. The molecule has 0 aliphatic carbocycles. The SMILES string of the molecule is CSC(C)CCNCC(O)c1ccc(Cl)cc1. The molecule has 1 rings (SSSR count). The molecule has 0 fully saturated rings. The second kappa shape index (κ2) is 7.98. The second-order valence-electron chi connectivity index (χ2n) is 4.11. The Balaban J connectivity index is 2.25. The van der Waals surface area contributed by atoms with Crippen molar-refractivity contribution in [2.45, 2.75) is 24.7 Å². The highest BCUT2D eigenvalue weighted by Gasteiger charge is 2.06. The molecule has 17 heavy (non-hydrogen) atoms. The summed E-state index contributed by atoms with van der Waals surface area (Å²) in [7, 11) is 0. The minimum atomic E-state index is -0.461. The lowest BCUT2D eigenvalue weighted by molar-refractivity contribution is 0.175. The second-order valence-corrected chi connectivity index (χ2v) is 5.82. The fraction of sp³-hybridized carbons (Fsp3) is 0.538. The highest BCUT2D eigenvalue weighted by atomic mass is 35.5. The van der Waals surface area contributed by atoms with Crippen molar-refractivity contribution in [2.75, 3.05) is 19.3 Å². The fourth-order valence-corrected chi connectivity index (χ4v) is 1.94. The van der Waals surface area contributed by atoms with Gasteiger partial charge in [-0.25, -0.2) is 0 Å². The molecule has 0 aromatic heterocycles. The topological polar surface area (TPSA) is 32.3 Å². The predicted molar refractivity (Wildman–Crippen MR) is 76.9 cm³/mol. The Bertz CT molecular complexity index is 318. The Morgan fingerprint density at radius 1 is 1.35 bits per heavy atom. The predicted octanol–water partition coefficient (Wildman–Crippen LogP) is 3.10. The van der Waals surface area contributed by atoms with E-state index in [4.69, 9.17) is 11.6 Å². The van der Waals surface area contributed by atoms with Gasteiger partial charge < -0.3 is 10.4 Å². The summed E-state index contributed by atoms with van der Waals surface area (Å²) in [5.74, 6) is 0. The van der Waals surface area contributed by atoms with Crippen molar-refractivity contribution in [3.8, 4) is 0 Å². The molecule has 4 heteroatoms. The molecule has 2 atom stereocenters. The maximum atomic E-state index is 9.92. The molecule has 2 N–H and O–H groups in total. The summed E-state index contributed by atoms with van der Waals surface area (Å²) in [6, 6.07) is 7.32. The number of halogens is 1. The summed E-state index contributed by atoms with van der Waals surface area (Å²) in [5.41, 5.74) is 0.903. The third kappa shape index (κ3) is 5.77. The first-order valence-electron chi connectivity index (χ1n) is 5.80. The van der Waals surface area contributed by atoms with Crippen molar-refractivity contribution in [1.29, 1.82) is 0 Å². The van der Waals surface area contributed by atoms with Crippen LogP contribution in [-0.4, -0.2) is 29.7 Å². The van der Waals surface area contributed by atoms with E-state index in [0.29, 0.717) is 16.8 Å². The third-order valence-electron chi connectivity index (χ3n) is 2.72. The highest BCUT2D eigenvalue weighted by Crippen LogP contribution is 2.15. The highest BCUT2D eigenvalue weighted by molar-refractivity contribution is 7.99. The van der Waals surface area contributed by atoms with Crippen LogP contribution in [0.1, 0.15) is 25.0 Å². The van der Waals surface area contributed by atoms with Crippen LogP contribution < -0.4 is 5.32 Å². The molecule has 0 heterocycles. The first-order valence-corrected chi connectivity index (χ1v) is 7.47. The molecule has 0 radical (unpaired) electrons. The minimum absolute atomic E-state index is 0.461. The van der Waals surface area contributed by atoms with Gasteiger partial charge in [-0.1, -0.05) is 30.7 Å². The van der Waals surface area contributed by atoms with Gasteiger partial charge in [0.15, 0.2) is 0 Å². The number of benzene rings is 1. The Hall–Kier alpha value is -0.220. The van der Waals surface area contributed by atoms with Crippen LogP contribution in [0.25, 0.3) is 0 Å². The molecule has 0 aliphatic rings. The number of hydrogen-bond donors (Lipinski definition) is 2. The van der Waals surface area contributed by atoms with Crippen molar-refractivity contribution in [2.24, 2.45) is 0 Å². The summed E-state index contributed by atoms with van der Waals surface area (Å²) in [6.07, 6.45) is 2.78. The summed E-state index contributed by atoms with van der Waals surface area (Å²) < 4.78 is 0. The van der Waals surface area contributed by atoms with E-state index in [-0.39, 0.29) is 0 Å². The number of thioether (sulfide) groups is 1. The zero-order valence-electron chi connectivity index (χ0n) is 10.3. The lowest BCUT2D eigenvalue weighted by Gasteiger charge is -2.13. The molecule has 0 aliphatic heterocycles. The molecule has 96 valence electrons. The lowest BCUT2D eigenvalue weighted by atomic mass is 10.1. The summed E-state index contributed by atoms with van der Waals surface area (Å²) in [4.78, 5) is 0. The number of nitrogens with one attached hydrogen (secondary N) is 1. The number of hydrogen-bond acceptors (Lipinski definition) is 3. The molecule has 2 unspecified atom stereocenters. The largest absolute Gasteiger partial charge is 0.387 e. The van der Waals surface area contributed by atoms with Crippen LogP contribution in [0.3, 0.4) is 0 Å². The zero-order valence-corrected chi connectivity index (χ0v) is 11.9. The van der Waals surface area contributed by atoms with Crippen molar-refractivity contribution < 1.29 is 5.11 Å². The standard InChI is InChI=1S/C13H20ClNOS/c1-10(17-2)7-8-15-9-13(16)11-3-5-12(14)6-4-11/h3-6,10,13,15-16H,7-9H2,1-2H3. The average Bonchev–Trinajstić information content (AvgIpc) is 2.34. The van der Waals surface area contributed by atoms with Gasteiger partial charge in [-0.05, 0) is 36.9 Å². The fourth-order valence-electron chi connectivity index (χ4n) is 1.46. The van der Waals surface area contributed by atoms with Gasteiger partial charge in [0, 0.05) is 16.8 Å². The van der Waals surface area contributed by atoms with Crippen LogP contribution in [0.4, 0.5) is 0 Å². The normalized spacial score (nSPS) is 14.6. The van der Waals surface area contributed by atoms with Crippen LogP contribution >= 0.6 is 23.4 Å². The van der Waals surface area contributed by atoms with Gasteiger partial charge in [0.25, 0.3) is 0 Å². The molecule has 0 saturated carbocycles. The van der Waals surface area contributed by atoms with Gasteiger partial charge in [-0.15, -0.1) is 0 Å². The molecule has 2 nitrogen and oxygen atoms in total. The van der Waals surface area contributed by atoms with Gasteiger partial charge in [0.1, 0.15) is 0 Å². The van der Waals surface area contributed by atoms with Crippen LogP contribution in [0, 0.1) is 0 Å². The van der Waals surface area contributed by atoms with Crippen molar-refractivity contribution in [3.05, 3.63) is 34.9 Å². The summed E-state index contributed by atoms with van der Waals surface area (Å²) >= 11 is 7.66. The monoisotopic (exact) mass is 273 g/mol. The van der Waals surface area contributed by atoms with E-state index < -0.39 is 6.10 Å². The zero-order chi connectivity index (χ0) is 12.7. The van der Waals surface area contributed by atoms with E-state index in [9.17, 15) is 5.11 Å². The Morgan fingerprint density at radius 3 is 2.59 bits per heavy atom. The molecular formula is C13H20ClNOS. The maximum absolute atomic E-state index is 9.92. The summed E-state index contributed by atoms with van der Waals surface area (Å²) in [6.45, 7) is 3.73. The minimum Gasteiger partial charge on any atom is -0.387 e. The first kappa shape index (κ1) is 14.8. The van der Waals surface area contributed by atoms with Gasteiger partial charge in [0.2, 0.25) is 0 Å². The summed E-state index contributed by atoms with van der Waals surface area (Å²) in [5, 5.41) is 14.5. The first-order chi connectivity index (χ1) is 8.13. The van der Waals surface area contributed by atoms with E-state index in [2.05, 4.69) is 18.5 Å². The van der Waals surface area contributed by atoms with E-state index in [1.807, 2.05) is 23.9 Å². The Labute approximate surface area is 113 Å². The van der Waals surface area contributed by atoms with E-state index in [0.717, 1.165) is 18.5 Å². The van der Waals surface area contributed by atoms with Crippen LogP contribution in [-0.2, 0) is 0 Å².